The van der Waals surface area contributed by atoms with Crippen LogP contribution in [0.4, 0.5) is 5.69 Å². The number of fused-ring (bicyclic) bond motifs is 1. The van der Waals surface area contributed by atoms with E-state index in [9.17, 15) is 5.11 Å². The zero-order valence-electron chi connectivity index (χ0n) is 11.4. The zero-order chi connectivity index (χ0) is 13.7. The third kappa shape index (κ3) is 3.43. The van der Waals surface area contributed by atoms with Crippen LogP contribution in [0.5, 0.6) is 0 Å². The average Bonchev–Trinajstić information content (AvgIpc) is 2.44. The van der Waals surface area contributed by atoms with E-state index in [-0.39, 0.29) is 0 Å². The molecule has 1 aromatic carbocycles. The molecule has 0 bridgehead atoms. The average molecular weight is 260 g/mol. The molecule has 0 spiro atoms. The van der Waals surface area contributed by atoms with Crippen LogP contribution in [0, 0.1) is 0 Å². The number of hydrogen-bond acceptors (Lipinski definition) is 4. The second kappa shape index (κ2) is 6.50. The Balaban J connectivity index is 2.22. The van der Waals surface area contributed by atoms with Crippen LogP contribution in [0.2, 0.25) is 0 Å². The molecular formula is C15H20N2O2. The van der Waals surface area contributed by atoms with E-state index in [2.05, 4.69) is 29.4 Å². The smallest absolute Gasteiger partial charge is 0.0945 e. The number of aryl methyl sites for hydroxylation is 1. The normalized spacial score (nSPS) is 12.6. The van der Waals surface area contributed by atoms with Gasteiger partial charge in [-0.3, -0.25) is 4.98 Å². The Morgan fingerprint density at radius 3 is 2.95 bits per heavy atom. The molecule has 19 heavy (non-hydrogen) atoms. The summed E-state index contributed by atoms with van der Waals surface area (Å²) in [7, 11) is 1.58. The lowest BCUT2D eigenvalue weighted by molar-refractivity contribution is 0.0728. The van der Waals surface area contributed by atoms with Gasteiger partial charge in [0.05, 0.1) is 18.2 Å². The van der Waals surface area contributed by atoms with Crippen molar-refractivity contribution in [1.29, 1.82) is 0 Å². The van der Waals surface area contributed by atoms with E-state index in [1.807, 2.05) is 12.1 Å². The van der Waals surface area contributed by atoms with E-state index in [1.54, 1.807) is 13.3 Å². The van der Waals surface area contributed by atoms with Crippen LogP contribution in [0.3, 0.4) is 0 Å². The van der Waals surface area contributed by atoms with Gasteiger partial charge in [-0.1, -0.05) is 13.0 Å². The van der Waals surface area contributed by atoms with Crippen molar-refractivity contribution >= 4 is 16.6 Å². The summed E-state index contributed by atoms with van der Waals surface area (Å²) in [5, 5.41) is 14.0. The SMILES string of the molecule is CCc1ccc2nccc(NC[C@H](O)COC)c2c1. The van der Waals surface area contributed by atoms with Crippen LogP contribution in [-0.4, -0.2) is 36.5 Å². The van der Waals surface area contributed by atoms with E-state index in [1.165, 1.54) is 5.56 Å². The number of aliphatic hydroxyl groups is 1. The van der Waals surface area contributed by atoms with Gasteiger partial charge in [0.25, 0.3) is 0 Å². The number of pyridine rings is 1. The number of ether oxygens (including phenoxy) is 1. The van der Waals surface area contributed by atoms with Gasteiger partial charge < -0.3 is 15.2 Å². The summed E-state index contributed by atoms with van der Waals surface area (Å²) < 4.78 is 4.91. The summed E-state index contributed by atoms with van der Waals surface area (Å²) in [6.45, 7) is 2.92. The predicted molar refractivity (Wildman–Crippen MR) is 77.5 cm³/mol. The summed E-state index contributed by atoms with van der Waals surface area (Å²) >= 11 is 0. The Morgan fingerprint density at radius 2 is 2.21 bits per heavy atom. The molecule has 0 saturated heterocycles. The standard InChI is InChI=1S/C15H20N2O2/c1-3-11-4-5-14-13(8-11)15(6-7-16-14)17-9-12(18)10-19-2/h4-8,12,18H,3,9-10H2,1-2H3,(H,16,17)/t12-/m0/s1. The molecule has 4 heteroatoms. The maximum atomic E-state index is 9.68. The third-order valence-electron chi connectivity index (χ3n) is 3.10. The van der Waals surface area contributed by atoms with E-state index in [4.69, 9.17) is 4.74 Å². The quantitative estimate of drug-likeness (QED) is 0.836. The number of rotatable bonds is 6. The third-order valence-corrected chi connectivity index (χ3v) is 3.10. The Labute approximate surface area is 113 Å². The minimum Gasteiger partial charge on any atom is -0.389 e. The fourth-order valence-electron chi connectivity index (χ4n) is 2.05. The van der Waals surface area contributed by atoms with E-state index >= 15 is 0 Å². The molecule has 0 saturated carbocycles. The van der Waals surface area contributed by atoms with Gasteiger partial charge in [-0.15, -0.1) is 0 Å². The Bertz CT molecular complexity index is 543. The van der Waals surface area contributed by atoms with Crippen molar-refractivity contribution in [2.75, 3.05) is 25.6 Å². The second-order valence-electron chi connectivity index (χ2n) is 4.55. The first kappa shape index (κ1) is 13.8. The first-order valence-corrected chi connectivity index (χ1v) is 6.53. The highest BCUT2D eigenvalue weighted by atomic mass is 16.5. The van der Waals surface area contributed by atoms with Gasteiger partial charge in [0.2, 0.25) is 0 Å². The molecule has 0 amide bonds. The summed E-state index contributed by atoms with van der Waals surface area (Å²) in [4.78, 5) is 4.35. The van der Waals surface area contributed by atoms with Gasteiger partial charge in [-0.2, -0.15) is 0 Å². The molecule has 0 unspecified atom stereocenters. The summed E-state index contributed by atoms with van der Waals surface area (Å²) in [6, 6.07) is 8.21. The number of nitrogens with one attached hydrogen (secondary N) is 1. The monoisotopic (exact) mass is 260 g/mol. The van der Waals surface area contributed by atoms with Crippen LogP contribution >= 0.6 is 0 Å². The largest absolute Gasteiger partial charge is 0.389 e. The fourth-order valence-corrected chi connectivity index (χ4v) is 2.05. The fraction of sp³-hybridized carbons (Fsp3) is 0.400. The molecule has 0 fully saturated rings. The highest BCUT2D eigenvalue weighted by Gasteiger charge is 2.06. The Morgan fingerprint density at radius 1 is 1.37 bits per heavy atom. The van der Waals surface area contributed by atoms with Crippen LogP contribution in [0.1, 0.15) is 12.5 Å². The van der Waals surface area contributed by atoms with Crippen LogP contribution in [0.25, 0.3) is 10.9 Å². The van der Waals surface area contributed by atoms with Gasteiger partial charge in [0, 0.05) is 30.9 Å². The topological polar surface area (TPSA) is 54.4 Å². The van der Waals surface area contributed by atoms with Crippen molar-refractivity contribution in [2.24, 2.45) is 0 Å². The van der Waals surface area contributed by atoms with E-state index in [0.29, 0.717) is 13.2 Å². The van der Waals surface area contributed by atoms with Crippen molar-refractivity contribution in [1.82, 2.24) is 4.98 Å². The number of nitrogens with zero attached hydrogens (tertiary/aromatic N) is 1. The van der Waals surface area contributed by atoms with Gasteiger partial charge in [0.1, 0.15) is 0 Å². The number of hydrogen-bond donors (Lipinski definition) is 2. The maximum absolute atomic E-state index is 9.68. The molecule has 1 atom stereocenters. The second-order valence-corrected chi connectivity index (χ2v) is 4.55. The molecule has 2 rings (SSSR count). The molecule has 0 radical (unpaired) electrons. The lowest BCUT2D eigenvalue weighted by Gasteiger charge is -2.13. The lowest BCUT2D eigenvalue weighted by atomic mass is 10.1. The van der Waals surface area contributed by atoms with Crippen molar-refractivity contribution < 1.29 is 9.84 Å². The van der Waals surface area contributed by atoms with E-state index < -0.39 is 6.10 Å². The Kier molecular flexibility index (Phi) is 4.71. The molecule has 1 aromatic heterocycles. The number of benzene rings is 1. The summed E-state index contributed by atoms with van der Waals surface area (Å²) in [6.07, 6.45) is 2.26. The number of anilines is 1. The summed E-state index contributed by atoms with van der Waals surface area (Å²) in [5.41, 5.74) is 3.24. The lowest BCUT2D eigenvalue weighted by Crippen LogP contribution is -2.24. The van der Waals surface area contributed by atoms with Crippen molar-refractivity contribution in [3.63, 3.8) is 0 Å². The van der Waals surface area contributed by atoms with Gasteiger partial charge in [0.15, 0.2) is 0 Å². The van der Waals surface area contributed by atoms with Crippen LogP contribution < -0.4 is 5.32 Å². The minimum atomic E-state index is -0.512. The Hall–Kier alpha value is -1.65. The van der Waals surface area contributed by atoms with Crippen molar-refractivity contribution in [3.05, 3.63) is 36.0 Å². The maximum Gasteiger partial charge on any atom is 0.0945 e. The first-order chi connectivity index (χ1) is 9.24. The number of methoxy groups -OCH3 is 1. The predicted octanol–water partition coefficient (Wildman–Crippen LogP) is 2.22. The highest BCUT2D eigenvalue weighted by molar-refractivity contribution is 5.91. The molecule has 102 valence electrons. The first-order valence-electron chi connectivity index (χ1n) is 6.53. The van der Waals surface area contributed by atoms with Crippen molar-refractivity contribution in [3.8, 4) is 0 Å². The molecule has 2 N–H and O–H groups in total. The molecule has 2 aromatic rings. The molecule has 0 aliphatic rings. The molecule has 0 aliphatic heterocycles. The van der Waals surface area contributed by atoms with E-state index in [0.717, 1.165) is 23.0 Å². The van der Waals surface area contributed by atoms with Crippen molar-refractivity contribution in [2.45, 2.75) is 19.4 Å². The molecular weight excluding hydrogens is 240 g/mol. The molecule has 1 heterocycles. The molecule has 0 aliphatic carbocycles. The van der Waals surface area contributed by atoms with Crippen LogP contribution in [0.15, 0.2) is 30.5 Å². The van der Waals surface area contributed by atoms with Gasteiger partial charge in [-0.05, 0) is 30.2 Å². The minimum absolute atomic E-state index is 0.330. The molecule has 4 nitrogen and oxygen atoms in total. The van der Waals surface area contributed by atoms with Gasteiger partial charge in [-0.25, -0.2) is 0 Å². The highest BCUT2D eigenvalue weighted by Crippen LogP contribution is 2.23. The van der Waals surface area contributed by atoms with Crippen LogP contribution in [-0.2, 0) is 11.2 Å². The number of aliphatic hydroxyl groups excluding tert-OH is 1. The van der Waals surface area contributed by atoms with Gasteiger partial charge >= 0.3 is 0 Å². The zero-order valence-corrected chi connectivity index (χ0v) is 11.4. The number of aromatic nitrogens is 1. The summed E-state index contributed by atoms with van der Waals surface area (Å²) in [5.74, 6) is 0.